The molecule has 3 N–H and O–H groups in total. The van der Waals surface area contributed by atoms with Gasteiger partial charge in [0.2, 0.25) is 0 Å². The average Bonchev–Trinajstić information content (AvgIpc) is 2.86. The van der Waals surface area contributed by atoms with E-state index < -0.39 is 11.8 Å². The third kappa shape index (κ3) is 3.31. The van der Waals surface area contributed by atoms with Crippen LogP contribution in [-0.4, -0.2) is 28.6 Å². The summed E-state index contributed by atoms with van der Waals surface area (Å²) in [7, 11) is 0. The van der Waals surface area contributed by atoms with Crippen LogP contribution < -0.4 is 10.6 Å². The SMILES string of the molecule is CCCCNC(=O)C(=O)Nc1ccc2cn[nH]c2c1. The molecule has 1 aromatic carbocycles. The van der Waals surface area contributed by atoms with E-state index in [9.17, 15) is 9.59 Å². The topological polar surface area (TPSA) is 86.9 Å². The number of nitrogens with zero attached hydrogens (tertiary/aromatic N) is 1. The molecule has 2 amide bonds. The molecule has 2 aromatic rings. The van der Waals surface area contributed by atoms with E-state index in [4.69, 9.17) is 0 Å². The molecule has 100 valence electrons. The first kappa shape index (κ1) is 13.1. The molecule has 1 aromatic heterocycles. The van der Waals surface area contributed by atoms with Crippen LogP contribution in [0.4, 0.5) is 5.69 Å². The van der Waals surface area contributed by atoms with Crippen LogP contribution in [0, 0.1) is 0 Å². The number of rotatable bonds is 4. The molecule has 0 saturated heterocycles. The van der Waals surface area contributed by atoms with E-state index in [1.807, 2.05) is 13.0 Å². The Morgan fingerprint density at radius 3 is 2.95 bits per heavy atom. The lowest BCUT2D eigenvalue weighted by atomic mass is 10.2. The van der Waals surface area contributed by atoms with Crippen LogP contribution >= 0.6 is 0 Å². The van der Waals surface area contributed by atoms with Gasteiger partial charge in [-0.25, -0.2) is 0 Å². The number of benzene rings is 1. The fraction of sp³-hybridized carbons (Fsp3) is 0.308. The minimum atomic E-state index is -0.657. The van der Waals surface area contributed by atoms with Crippen molar-refractivity contribution in [3.05, 3.63) is 24.4 Å². The van der Waals surface area contributed by atoms with Crippen LogP contribution in [0.3, 0.4) is 0 Å². The van der Waals surface area contributed by atoms with E-state index in [0.29, 0.717) is 12.2 Å². The van der Waals surface area contributed by atoms with Crippen LogP contribution in [0.1, 0.15) is 19.8 Å². The molecule has 0 aliphatic heterocycles. The van der Waals surface area contributed by atoms with E-state index >= 15 is 0 Å². The predicted octanol–water partition coefficient (Wildman–Crippen LogP) is 1.42. The molecule has 2 rings (SSSR count). The molecule has 0 radical (unpaired) electrons. The minimum absolute atomic E-state index is 0.516. The molecule has 0 spiro atoms. The first-order valence-electron chi connectivity index (χ1n) is 6.23. The van der Waals surface area contributed by atoms with Crippen LogP contribution in [-0.2, 0) is 9.59 Å². The van der Waals surface area contributed by atoms with Crippen molar-refractivity contribution in [3.63, 3.8) is 0 Å². The number of unbranched alkanes of at least 4 members (excludes halogenated alkanes) is 1. The zero-order valence-corrected chi connectivity index (χ0v) is 10.7. The quantitative estimate of drug-likeness (QED) is 0.574. The van der Waals surface area contributed by atoms with Crippen molar-refractivity contribution in [3.8, 4) is 0 Å². The van der Waals surface area contributed by atoms with Crippen molar-refractivity contribution in [2.75, 3.05) is 11.9 Å². The monoisotopic (exact) mass is 260 g/mol. The molecule has 0 aliphatic carbocycles. The average molecular weight is 260 g/mol. The maximum Gasteiger partial charge on any atom is 0.313 e. The van der Waals surface area contributed by atoms with E-state index in [2.05, 4.69) is 20.8 Å². The number of carbonyl (C=O) groups is 2. The summed E-state index contributed by atoms with van der Waals surface area (Å²) in [6.45, 7) is 2.54. The van der Waals surface area contributed by atoms with Gasteiger partial charge in [0.05, 0.1) is 11.7 Å². The first-order chi connectivity index (χ1) is 9.20. The van der Waals surface area contributed by atoms with E-state index in [1.54, 1.807) is 18.3 Å². The molecule has 6 heteroatoms. The lowest BCUT2D eigenvalue weighted by molar-refractivity contribution is -0.136. The normalized spacial score (nSPS) is 10.4. The Morgan fingerprint density at radius 1 is 1.32 bits per heavy atom. The van der Waals surface area contributed by atoms with Gasteiger partial charge in [0.25, 0.3) is 0 Å². The van der Waals surface area contributed by atoms with Crippen molar-refractivity contribution in [2.45, 2.75) is 19.8 Å². The molecular weight excluding hydrogens is 244 g/mol. The Bertz CT molecular complexity index is 591. The molecular formula is C13H16N4O2. The van der Waals surface area contributed by atoms with Gasteiger partial charge in [-0.05, 0) is 24.6 Å². The van der Waals surface area contributed by atoms with Crippen LogP contribution in [0.5, 0.6) is 0 Å². The lowest BCUT2D eigenvalue weighted by Crippen LogP contribution is -2.35. The lowest BCUT2D eigenvalue weighted by Gasteiger charge is -2.06. The molecule has 0 aliphatic rings. The van der Waals surface area contributed by atoms with Crippen molar-refractivity contribution < 1.29 is 9.59 Å². The Morgan fingerprint density at radius 2 is 2.16 bits per heavy atom. The summed E-state index contributed by atoms with van der Waals surface area (Å²) >= 11 is 0. The van der Waals surface area contributed by atoms with Gasteiger partial charge in [-0.1, -0.05) is 13.3 Å². The third-order valence-electron chi connectivity index (χ3n) is 2.72. The highest BCUT2D eigenvalue weighted by atomic mass is 16.2. The molecule has 6 nitrogen and oxygen atoms in total. The summed E-state index contributed by atoms with van der Waals surface area (Å²) in [5.74, 6) is -1.27. The predicted molar refractivity (Wildman–Crippen MR) is 72.6 cm³/mol. The largest absolute Gasteiger partial charge is 0.348 e. The minimum Gasteiger partial charge on any atom is -0.348 e. The molecule has 1 heterocycles. The van der Waals surface area contributed by atoms with Gasteiger partial charge in [-0.3, -0.25) is 14.7 Å². The van der Waals surface area contributed by atoms with Gasteiger partial charge < -0.3 is 10.6 Å². The maximum absolute atomic E-state index is 11.6. The Hall–Kier alpha value is -2.37. The number of H-pyrrole nitrogens is 1. The van der Waals surface area contributed by atoms with E-state index in [-0.39, 0.29) is 0 Å². The van der Waals surface area contributed by atoms with Gasteiger partial charge in [0.15, 0.2) is 0 Å². The van der Waals surface area contributed by atoms with E-state index in [0.717, 1.165) is 23.7 Å². The zero-order valence-electron chi connectivity index (χ0n) is 10.7. The maximum atomic E-state index is 11.6. The molecule has 19 heavy (non-hydrogen) atoms. The summed E-state index contributed by atoms with van der Waals surface area (Å²) < 4.78 is 0. The zero-order chi connectivity index (χ0) is 13.7. The Balaban J connectivity index is 1.95. The van der Waals surface area contributed by atoms with Crippen molar-refractivity contribution in [1.29, 1.82) is 0 Å². The van der Waals surface area contributed by atoms with Gasteiger partial charge >= 0.3 is 11.8 Å². The van der Waals surface area contributed by atoms with E-state index in [1.165, 1.54) is 0 Å². The molecule has 0 unspecified atom stereocenters. The first-order valence-corrected chi connectivity index (χ1v) is 6.23. The van der Waals surface area contributed by atoms with Crippen molar-refractivity contribution >= 4 is 28.4 Å². The van der Waals surface area contributed by atoms with Crippen molar-refractivity contribution in [1.82, 2.24) is 15.5 Å². The number of carbonyl (C=O) groups excluding carboxylic acids is 2. The summed E-state index contributed by atoms with van der Waals surface area (Å²) in [5.41, 5.74) is 1.37. The number of hydrogen-bond acceptors (Lipinski definition) is 3. The molecule has 0 atom stereocenters. The third-order valence-corrected chi connectivity index (χ3v) is 2.72. The fourth-order valence-electron chi connectivity index (χ4n) is 1.66. The van der Waals surface area contributed by atoms with Crippen LogP contribution in [0.25, 0.3) is 10.9 Å². The number of amides is 2. The second-order valence-electron chi connectivity index (χ2n) is 4.24. The van der Waals surface area contributed by atoms with Crippen LogP contribution in [0.15, 0.2) is 24.4 Å². The Labute approximate surface area is 110 Å². The second kappa shape index (κ2) is 5.99. The van der Waals surface area contributed by atoms with Crippen molar-refractivity contribution in [2.24, 2.45) is 0 Å². The number of anilines is 1. The van der Waals surface area contributed by atoms with Crippen LogP contribution in [0.2, 0.25) is 0 Å². The smallest absolute Gasteiger partial charge is 0.313 e. The summed E-state index contributed by atoms with van der Waals surface area (Å²) in [4.78, 5) is 23.1. The molecule has 0 fully saturated rings. The van der Waals surface area contributed by atoms with Gasteiger partial charge in [0.1, 0.15) is 0 Å². The van der Waals surface area contributed by atoms with Gasteiger partial charge in [-0.2, -0.15) is 5.10 Å². The summed E-state index contributed by atoms with van der Waals surface area (Å²) in [6.07, 6.45) is 3.52. The highest BCUT2D eigenvalue weighted by Crippen LogP contribution is 2.16. The highest BCUT2D eigenvalue weighted by molar-refractivity contribution is 6.39. The number of aromatic amines is 1. The summed E-state index contributed by atoms with van der Waals surface area (Å²) in [5, 5.41) is 12.8. The molecule has 0 saturated carbocycles. The molecule has 0 bridgehead atoms. The summed E-state index contributed by atoms with van der Waals surface area (Å²) in [6, 6.07) is 5.29. The standard InChI is InChI=1S/C13H16N4O2/c1-2-3-6-14-12(18)13(19)16-10-5-4-9-8-15-17-11(9)7-10/h4-5,7-8H,2-3,6H2,1H3,(H,14,18)(H,15,17)(H,16,19). The van der Waals surface area contributed by atoms with Gasteiger partial charge in [0, 0.05) is 17.6 Å². The number of hydrogen-bond donors (Lipinski definition) is 3. The number of nitrogens with one attached hydrogen (secondary N) is 3. The fourth-order valence-corrected chi connectivity index (χ4v) is 1.66. The number of aromatic nitrogens is 2. The second-order valence-corrected chi connectivity index (χ2v) is 4.24. The Kier molecular flexibility index (Phi) is 4.12. The highest BCUT2D eigenvalue weighted by Gasteiger charge is 2.12. The number of fused-ring (bicyclic) bond motifs is 1. The van der Waals surface area contributed by atoms with Gasteiger partial charge in [-0.15, -0.1) is 0 Å².